The zero-order chi connectivity index (χ0) is 24.5. The molecule has 0 aliphatic carbocycles. The van der Waals surface area contributed by atoms with Crippen molar-refractivity contribution >= 4 is 38.9 Å². The fraction of sp³-hybridized carbons (Fsp3) is 0.129. The van der Waals surface area contributed by atoms with Crippen LogP contribution in [-0.2, 0) is 4.79 Å². The van der Waals surface area contributed by atoms with Crippen molar-refractivity contribution in [1.29, 1.82) is 0 Å². The van der Waals surface area contributed by atoms with E-state index in [0.29, 0.717) is 5.75 Å². The highest BCUT2D eigenvalue weighted by molar-refractivity contribution is 6.07. The lowest BCUT2D eigenvalue weighted by atomic mass is 9.96. The maximum absolute atomic E-state index is 12.8. The summed E-state index contributed by atoms with van der Waals surface area (Å²) in [6, 6.07) is 24.5. The topological polar surface area (TPSA) is 51.5 Å². The number of aryl methyl sites for hydroxylation is 2. The number of carbonyl (C=O) groups excluding carboxylic acids is 1. The summed E-state index contributed by atoms with van der Waals surface area (Å²) in [5.74, 6) is 0.474. The Kier molecular flexibility index (Phi) is 5.87. The first kappa shape index (κ1) is 22.5. The van der Waals surface area contributed by atoms with E-state index in [2.05, 4.69) is 41.7 Å². The lowest BCUT2D eigenvalue weighted by Crippen LogP contribution is -2.10. The van der Waals surface area contributed by atoms with Crippen molar-refractivity contribution < 1.29 is 13.9 Å². The number of anilines is 1. The zero-order valence-electron chi connectivity index (χ0n) is 20.3. The first-order valence-electron chi connectivity index (χ1n) is 11.6. The van der Waals surface area contributed by atoms with Gasteiger partial charge in [-0.1, -0.05) is 60.2 Å². The minimum atomic E-state index is -0.182. The highest BCUT2D eigenvalue weighted by atomic mass is 16.5. The maximum atomic E-state index is 12.8. The molecule has 0 fully saturated rings. The Morgan fingerprint density at radius 1 is 0.914 bits per heavy atom. The SMILES string of the molecule is COc1cc2occ(-c3cccc4ccccc34)c2cc1/C(C)=C/C(=O)Nc1ccc(C)cc1C. The van der Waals surface area contributed by atoms with Crippen molar-refractivity contribution in [3.8, 4) is 16.9 Å². The molecular weight excluding hydrogens is 434 g/mol. The number of furan rings is 1. The first-order chi connectivity index (χ1) is 16.9. The third kappa shape index (κ3) is 4.31. The van der Waals surface area contributed by atoms with E-state index in [0.717, 1.165) is 55.4 Å². The zero-order valence-corrected chi connectivity index (χ0v) is 20.3. The highest BCUT2D eigenvalue weighted by Crippen LogP contribution is 2.39. The van der Waals surface area contributed by atoms with Gasteiger partial charge >= 0.3 is 0 Å². The molecule has 4 aromatic carbocycles. The van der Waals surface area contributed by atoms with Gasteiger partial charge in [-0.25, -0.2) is 0 Å². The predicted molar refractivity (Wildman–Crippen MR) is 144 cm³/mol. The Hall–Kier alpha value is -4.31. The maximum Gasteiger partial charge on any atom is 0.248 e. The second-order valence-electron chi connectivity index (χ2n) is 8.86. The molecule has 0 unspecified atom stereocenters. The monoisotopic (exact) mass is 461 g/mol. The summed E-state index contributed by atoms with van der Waals surface area (Å²) in [6.07, 6.45) is 3.40. The van der Waals surface area contributed by atoms with Crippen LogP contribution in [0.5, 0.6) is 5.75 Å². The molecule has 1 aromatic heterocycles. The Bertz CT molecular complexity index is 1600. The molecule has 174 valence electrons. The summed E-state index contributed by atoms with van der Waals surface area (Å²) in [5.41, 5.74) is 7.49. The van der Waals surface area contributed by atoms with Crippen molar-refractivity contribution in [3.05, 3.63) is 102 Å². The Morgan fingerprint density at radius 2 is 1.71 bits per heavy atom. The molecule has 35 heavy (non-hydrogen) atoms. The minimum Gasteiger partial charge on any atom is -0.496 e. The van der Waals surface area contributed by atoms with Crippen molar-refractivity contribution in [2.75, 3.05) is 12.4 Å². The van der Waals surface area contributed by atoms with Gasteiger partial charge in [-0.15, -0.1) is 0 Å². The summed E-state index contributed by atoms with van der Waals surface area (Å²) in [6.45, 7) is 5.94. The standard InChI is InChI=1S/C31H27NO3/c1-19-12-13-28(21(3)14-19)32-31(33)15-20(2)25-16-26-27(18-35-30(26)17-29(25)34-4)24-11-7-9-22-8-5-6-10-23(22)24/h5-18H,1-4H3,(H,32,33)/b20-15+. The van der Waals surface area contributed by atoms with E-state index in [4.69, 9.17) is 9.15 Å². The Labute approximate surface area is 204 Å². The van der Waals surface area contributed by atoms with E-state index in [1.807, 2.05) is 57.2 Å². The van der Waals surface area contributed by atoms with Gasteiger partial charge in [0.25, 0.3) is 0 Å². The number of benzene rings is 4. The molecule has 1 N–H and O–H groups in total. The number of hydrogen-bond donors (Lipinski definition) is 1. The van der Waals surface area contributed by atoms with Crippen LogP contribution in [0.15, 0.2) is 89.6 Å². The van der Waals surface area contributed by atoms with Crippen LogP contribution >= 0.6 is 0 Å². The van der Waals surface area contributed by atoms with E-state index >= 15 is 0 Å². The number of ether oxygens (including phenoxy) is 1. The van der Waals surface area contributed by atoms with Crippen LogP contribution in [0.25, 0.3) is 38.4 Å². The second-order valence-corrected chi connectivity index (χ2v) is 8.86. The van der Waals surface area contributed by atoms with Crippen molar-refractivity contribution in [3.63, 3.8) is 0 Å². The van der Waals surface area contributed by atoms with Gasteiger partial charge in [-0.05, 0) is 60.4 Å². The molecule has 0 saturated carbocycles. The van der Waals surface area contributed by atoms with E-state index in [1.165, 1.54) is 5.39 Å². The summed E-state index contributed by atoms with van der Waals surface area (Å²) < 4.78 is 11.6. The van der Waals surface area contributed by atoms with Gasteiger partial charge in [0.1, 0.15) is 11.3 Å². The van der Waals surface area contributed by atoms with Crippen LogP contribution in [0, 0.1) is 13.8 Å². The number of allylic oxidation sites excluding steroid dienone is 1. The molecule has 0 radical (unpaired) electrons. The van der Waals surface area contributed by atoms with Crippen LogP contribution in [0.3, 0.4) is 0 Å². The fourth-order valence-electron chi connectivity index (χ4n) is 4.60. The van der Waals surface area contributed by atoms with Gasteiger partial charge in [0, 0.05) is 34.3 Å². The van der Waals surface area contributed by atoms with Crippen LogP contribution < -0.4 is 10.1 Å². The summed E-state index contributed by atoms with van der Waals surface area (Å²) in [7, 11) is 1.63. The van der Waals surface area contributed by atoms with Crippen molar-refractivity contribution in [1.82, 2.24) is 0 Å². The molecule has 1 heterocycles. The molecule has 1 amide bonds. The van der Waals surface area contributed by atoms with Crippen molar-refractivity contribution in [2.24, 2.45) is 0 Å². The molecule has 5 rings (SSSR count). The number of nitrogens with one attached hydrogen (secondary N) is 1. The Morgan fingerprint density at radius 3 is 2.51 bits per heavy atom. The molecule has 0 aliphatic rings. The summed E-state index contributed by atoms with van der Waals surface area (Å²) >= 11 is 0. The molecule has 0 aliphatic heterocycles. The molecule has 5 aromatic rings. The van der Waals surface area contributed by atoms with Gasteiger partial charge < -0.3 is 14.5 Å². The second kappa shape index (κ2) is 9.15. The van der Waals surface area contributed by atoms with Gasteiger partial charge in [-0.2, -0.15) is 0 Å². The molecule has 0 spiro atoms. The number of hydrogen-bond acceptors (Lipinski definition) is 3. The van der Waals surface area contributed by atoms with Crippen LogP contribution in [0.2, 0.25) is 0 Å². The molecule has 4 nitrogen and oxygen atoms in total. The lowest BCUT2D eigenvalue weighted by Gasteiger charge is -2.11. The Balaban J connectivity index is 1.56. The third-order valence-electron chi connectivity index (χ3n) is 6.39. The summed E-state index contributed by atoms with van der Waals surface area (Å²) in [5, 5.41) is 6.30. The average Bonchev–Trinajstić information content (AvgIpc) is 3.27. The summed E-state index contributed by atoms with van der Waals surface area (Å²) in [4.78, 5) is 12.8. The van der Waals surface area contributed by atoms with E-state index < -0.39 is 0 Å². The van der Waals surface area contributed by atoms with Crippen LogP contribution in [0.1, 0.15) is 23.6 Å². The minimum absolute atomic E-state index is 0.182. The molecule has 0 bridgehead atoms. The quantitative estimate of drug-likeness (QED) is 0.270. The van der Waals surface area contributed by atoms with Crippen LogP contribution in [0.4, 0.5) is 5.69 Å². The molecule has 4 heteroatoms. The number of rotatable bonds is 5. The number of fused-ring (bicyclic) bond motifs is 2. The third-order valence-corrected chi connectivity index (χ3v) is 6.39. The van der Waals surface area contributed by atoms with E-state index in [-0.39, 0.29) is 5.91 Å². The smallest absolute Gasteiger partial charge is 0.248 e. The molecular formula is C31H27NO3. The average molecular weight is 462 g/mol. The van der Waals surface area contributed by atoms with Gasteiger partial charge in [0.2, 0.25) is 5.91 Å². The highest BCUT2D eigenvalue weighted by Gasteiger charge is 2.16. The molecule has 0 atom stereocenters. The van der Waals surface area contributed by atoms with Crippen LogP contribution in [-0.4, -0.2) is 13.0 Å². The number of amides is 1. The van der Waals surface area contributed by atoms with Gasteiger partial charge in [-0.3, -0.25) is 4.79 Å². The van der Waals surface area contributed by atoms with Gasteiger partial charge in [0.15, 0.2) is 0 Å². The largest absolute Gasteiger partial charge is 0.496 e. The lowest BCUT2D eigenvalue weighted by molar-refractivity contribution is -0.111. The fourth-order valence-corrected chi connectivity index (χ4v) is 4.60. The van der Waals surface area contributed by atoms with Crippen molar-refractivity contribution in [2.45, 2.75) is 20.8 Å². The molecule has 0 saturated heterocycles. The predicted octanol–water partition coefficient (Wildman–Crippen LogP) is 7.92. The van der Waals surface area contributed by atoms with E-state index in [9.17, 15) is 4.79 Å². The van der Waals surface area contributed by atoms with Gasteiger partial charge in [0.05, 0.1) is 13.4 Å². The first-order valence-corrected chi connectivity index (χ1v) is 11.6. The normalized spacial score (nSPS) is 11.7. The number of carbonyl (C=O) groups is 1. The van der Waals surface area contributed by atoms with E-state index in [1.54, 1.807) is 19.4 Å². The number of methoxy groups -OCH3 is 1.